The summed E-state index contributed by atoms with van der Waals surface area (Å²) in [6.45, 7) is 3.70. The fourth-order valence-corrected chi connectivity index (χ4v) is 2.53. The topological polar surface area (TPSA) is 52.6 Å². The first kappa shape index (κ1) is 13.9. The normalized spacial score (nSPS) is 20.9. The maximum Gasteiger partial charge on any atom is 0.317 e. The van der Waals surface area contributed by atoms with Gasteiger partial charge in [-0.1, -0.05) is 37.3 Å². The number of amides is 2. The number of urea groups is 1. The molecule has 1 aromatic rings. The fourth-order valence-electron chi connectivity index (χ4n) is 2.53. The van der Waals surface area contributed by atoms with Crippen molar-refractivity contribution < 1.29 is 9.90 Å². The summed E-state index contributed by atoms with van der Waals surface area (Å²) < 4.78 is 0. The van der Waals surface area contributed by atoms with Gasteiger partial charge in [-0.15, -0.1) is 0 Å². The number of hydrogen-bond donors (Lipinski definition) is 2. The van der Waals surface area contributed by atoms with E-state index < -0.39 is 0 Å². The number of carbonyl (C=O) groups is 1. The van der Waals surface area contributed by atoms with Gasteiger partial charge >= 0.3 is 6.03 Å². The number of rotatable bonds is 3. The zero-order valence-corrected chi connectivity index (χ0v) is 11.4. The molecule has 1 saturated heterocycles. The van der Waals surface area contributed by atoms with Gasteiger partial charge in [-0.05, 0) is 24.3 Å². The Balaban J connectivity index is 1.96. The second-order valence-electron chi connectivity index (χ2n) is 5.29. The van der Waals surface area contributed by atoms with Gasteiger partial charge in [0.15, 0.2) is 0 Å². The minimum atomic E-state index is -0.328. The lowest BCUT2D eigenvalue weighted by atomic mass is 10.0. The molecule has 4 nitrogen and oxygen atoms in total. The maximum absolute atomic E-state index is 12.2. The van der Waals surface area contributed by atoms with Crippen molar-refractivity contribution in [2.75, 3.05) is 19.7 Å². The first-order chi connectivity index (χ1) is 9.20. The number of carbonyl (C=O) groups excluding carboxylic acids is 1. The number of nitrogens with one attached hydrogen (secondary N) is 1. The summed E-state index contributed by atoms with van der Waals surface area (Å²) in [6, 6.07) is 9.17. The van der Waals surface area contributed by atoms with E-state index in [1.807, 2.05) is 35.2 Å². The predicted molar refractivity (Wildman–Crippen MR) is 74.8 cm³/mol. The number of likely N-dealkylation sites (tertiary alicyclic amines) is 1. The van der Waals surface area contributed by atoms with E-state index in [2.05, 4.69) is 12.2 Å². The summed E-state index contributed by atoms with van der Waals surface area (Å²) in [4.78, 5) is 14.0. The van der Waals surface area contributed by atoms with E-state index in [1.54, 1.807) is 0 Å². The lowest BCUT2D eigenvalue weighted by molar-refractivity contribution is 0.159. The largest absolute Gasteiger partial charge is 0.394 e. The molecule has 2 unspecified atom stereocenters. The number of nitrogens with zero attached hydrogens (tertiary/aromatic N) is 1. The van der Waals surface area contributed by atoms with Crippen molar-refractivity contribution in [1.82, 2.24) is 10.2 Å². The molecular formula is C15H22N2O2. The maximum atomic E-state index is 12.2. The van der Waals surface area contributed by atoms with Gasteiger partial charge in [0.05, 0.1) is 12.6 Å². The van der Waals surface area contributed by atoms with Crippen LogP contribution in [-0.2, 0) is 0 Å². The Bertz CT molecular complexity index is 408. The van der Waals surface area contributed by atoms with E-state index in [0.29, 0.717) is 5.92 Å². The summed E-state index contributed by atoms with van der Waals surface area (Å²) >= 11 is 0. The van der Waals surface area contributed by atoms with Crippen LogP contribution < -0.4 is 5.32 Å². The van der Waals surface area contributed by atoms with Crippen molar-refractivity contribution >= 4 is 6.03 Å². The molecule has 104 valence electrons. The molecule has 4 heteroatoms. The molecule has 0 spiro atoms. The average Bonchev–Trinajstić information content (AvgIpc) is 2.45. The van der Waals surface area contributed by atoms with E-state index >= 15 is 0 Å². The van der Waals surface area contributed by atoms with Crippen LogP contribution in [0.25, 0.3) is 0 Å². The van der Waals surface area contributed by atoms with E-state index in [1.165, 1.54) is 6.42 Å². The van der Waals surface area contributed by atoms with Crippen LogP contribution in [0.4, 0.5) is 4.79 Å². The van der Waals surface area contributed by atoms with Crippen LogP contribution in [0.15, 0.2) is 30.3 Å². The van der Waals surface area contributed by atoms with Crippen LogP contribution in [0.5, 0.6) is 0 Å². The highest BCUT2D eigenvalue weighted by molar-refractivity contribution is 5.74. The fraction of sp³-hybridized carbons (Fsp3) is 0.533. The summed E-state index contributed by atoms with van der Waals surface area (Å²) in [5.41, 5.74) is 0.934. The molecule has 1 aliphatic rings. The third kappa shape index (κ3) is 3.70. The molecule has 0 saturated carbocycles. The molecular weight excluding hydrogens is 240 g/mol. The third-order valence-electron chi connectivity index (χ3n) is 3.63. The van der Waals surface area contributed by atoms with Gasteiger partial charge in [0, 0.05) is 13.1 Å². The Hall–Kier alpha value is -1.55. The van der Waals surface area contributed by atoms with E-state index in [4.69, 9.17) is 0 Å². The zero-order chi connectivity index (χ0) is 13.7. The van der Waals surface area contributed by atoms with Gasteiger partial charge in [0.25, 0.3) is 0 Å². The van der Waals surface area contributed by atoms with Crippen molar-refractivity contribution in [3.63, 3.8) is 0 Å². The SMILES string of the molecule is CC1CCCN(C(=O)NC(CO)c2ccccc2)C1. The van der Waals surface area contributed by atoms with Crippen molar-refractivity contribution in [1.29, 1.82) is 0 Å². The van der Waals surface area contributed by atoms with Gasteiger partial charge in [-0.2, -0.15) is 0 Å². The zero-order valence-electron chi connectivity index (χ0n) is 11.4. The van der Waals surface area contributed by atoms with Crippen LogP contribution in [0.1, 0.15) is 31.4 Å². The van der Waals surface area contributed by atoms with Crippen LogP contribution in [0.3, 0.4) is 0 Å². The van der Waals surface area contributed by atoms with E-state index in [-0.39, 0.29) is 18.7 Å². The molecule has 1 fully saturated rings. The van der Waals surface area contributed by atoms with Crippen molar-refractivity contribution in [2.45, 2.75) is 25.8 Å². The first-order valence-electron chi connectivity index (χ1n) is 6.92. The minimum absolute atomic E-state index is 0.0746. The standard InChI is InChI=1S/C15H22N2O2/c1-12-6-5-9-17(10-12)15(19)16-14(11-18)13-7-3-2-4-8-13/h2-4,7-8,12,14,18H,5-6,9-11H2,1H3,(H,16,19). The average molecular weight is 262 g/mol. The number of aliphatic hydroxyl groups is 1. The lowest BCUT2D eigenvalue weighted by Crippen LogP contribution is -2.46. The number of piperidine rings is 1. The molecule has 2 atom stereocenters. The number of hydrogen-bond acceptors (Lipinski definition) is 2. The van der Waals surface area contributed by atoms with Crippen LogP contribution in [-0.4, -0.2) is 35.7 Å². The number of benzene rings is 1. The van der Waals surface area contributed by atoms with Crippen LogP contribution in [0.2, 0.25) is 0 Å². The molecule has 0 bridgehead atoms. The second-order valence-corrected chi connectivity index (χ2v) is 5.29. The summed E-state index contributed by atoms with van der Waals surface area (Å²) in [6.07, 6.45) is 2.25. The molecule has 2 rings (SSSR count). The Labute approximate surface area is 114 Å². The van der Waals surface area contributed by atoms with Crippen molar-refractivity contribution in [3.05, 3.63) is 35.9 Å². The molecule has 0 radical (unpaired) electrons. The van der Waals surface area contributed by atoms with Gasteiger partial charge in [0.2, 0.25) is 0 Å². The molecule has 2 amide bonds. The van der Waals surface area contributed by atoms with Gasteiger partial charge in [0.1, 0.15) is 0 Å². The second kappa shape index (κ2) is 6.57. The van der Waals surface area contributed by atoms with Gasteiger partial charge in [-0.3, -0.25) is 0 Å². The van der Waals surface area contributed by atoms with Crippen molar-refractivity contribution in [3.8, 4) is 0 Å². The minimum Gasteiger partial charge on any atom is -0.394 e. The van der Waals surface area contributed by atoms with Crippen LogP contribution in [0, 0.1) is 5.92 Å². The predicted octanol–water partition coefficient (Wildman–Crippen LogP) is 2.16. The Kier molecular flexibility index (Phi) is 4.80. The Morgan fingerprint density at radius 2 is 2.21 bits per heavy atom. The molecule has 2 N–H and O–H groups in total. The Morgan fingerprint density at radius 3 is 2.84 bits per heavy atom. The quantitative estimate of drug-likeness (QED) is 0.877. The van der Waals surface area contributed by atoms with Gasteiger partial charge < -0.3 is 15.3 Å². The monoisotopic (exact) mass is 262 g/mol. The highest BCUT2D eigenvalue weighted by Crippen LogP contribution is 2.17. The Morgan fingerprint density at radius 1 is 1.47 bits per heavy atom. The molecule has 19 heavy (non-hydrogen) atoms. The molecule has 1 aliphatic heterocycles. The van der Waals surface area contributed by atoms with Crippen LogP contribution >= 0.6 is 0 Å². The highest BCUT2D eigenvalue weighted by Gasteiger charge is 2.23. The highest BCUT2D eigenvalue weighted by atomic mass is 16.3. The third-order valence-corrected chi connectivity index (χ3v) is 3.63. The van der Waals surface area contributed by atoms with E-state index in [0.717, 1.165) is 25.1 Å². The summed E-state index contributed by atoms with van der Waals surface area (Å²) in [7, 11) is 0. The smallest absolute Gasteiger partial charge is 0.317 e. The first-order valence-corrected chi connectivity index (χ1v) is 6.92. The van der Waals surface area contributed by atoms with E-state index in [9.17, 15) is 9.90 Å². The molecule has 1 heterocycles. The summed E-state index contributed by atoms with van der Waals surface area (Å²) in [5, 5.41) is 12.4. The molecule has 1 aromatic carbocycles. The van der Waals surface area contributed by atoms with Crippen molar-refractivity contribution in [2.24, 2.45) is 5.92 Å². The number of aliphatic hydroxyl groups excluding tert-OH is 1. The molecule has 0 aliphatic carbocycles. The van der Waals surface area contributed by atoms with Gasteiger partial charge in [-0.25, -0.2) is 4.79 Å². The summed E-state index contributed by atoms with van der Waals surface area (Å²) in [5.74, 6) is 0.559. The lowest BCUT2D eigenvalue weighted by Gasteiger charge is -2.32. The molecule has 0 aromatic heterocycles.